The summed E-state index contributed by atoms with van der Waals surface area (Å²) in [7, 11) is 0. The molecule has 0 saturated carbocycles. The first-order chi connectivity index (χ1) is 5.54. The largest absolute Gasteiger partial charge is 0.312 e. The van der Waals surface area contributed by atoms with E-state index in [9.17, 15) is 0 Å². The summed E-state index contributed by atoms with van der Waals surface area (Å²) in [6.45, 7) is 13.4. The van der Waals surface area contributed by atoms with Crippen molar-refractivity contribution < 1.29 is 0 Å². The number of rotatable bonds is 1. The standard InChI is InChI=1S/C9H13N3/c1-9(2,3)12-7-8(5-10-4)6-11-12/h6-7H,5H2,1-3H3. The van der Waals surface area contributed by atoms with Crippen molar-refractivity contribution in [2.45, 2.75) is 32.9 Å². The molecule has 0 amide bonds. The van der Waals surface area contributed by atoms with Gasteiger partial charge in [0.05, 0.1) is 17.3 Å². The predicted molar refractivity (Wildman–Crippen MR) is 47.5 cm³/mol. The van der Waals surface area contributed by atoms with Gasteiger partial charge in [-0.15, -0.1) is 0 Å². The van der Waals surface area contributed by atoms with Crippen LogP contribution in [-0.2, 0) is 12.1 Å². The second-order valence-corrected chi connectivity index (χ2v) is 3.78. The molecule has 0 saturated heterocycles. The Labute approximate surface area is 72.8 Å². The third-order valence-corrected chi connectivity index (χ3v) is 1.58. The van der Waals surface area contributed by atoms with E-state index in [1.165, 1.54) is 0 Å². The van der Waals surface area contributed by atoms with Crippen LogP contribution < -0.4 is 0 Å². The molecule has 0 unspecified atom stereocenters. The molecule has 64 valence electrons. The van der Waals surface area contributed by atoms with Gasteiger partial charge in [-0.3, -0.25) is 4.68 Å². The molecular formula is C9H13N3. The Hall–Kier alpha value is -1.30. The van der Waals surface area contributed by atoms with Crippen molar-refractivity contribution in [3.05, 3.63) is 29.4 Å². The molecule has 0 N–H and O–H groups in total. The van der Waals surface area contributed by atoms with Gasteiger partial charge in [-0.05, 0) is 20.8 Å². The smallest absolute Gasteiger partial charge is 0.242 e. The van der Waals surface area contributed by atoms with E-state index in [-0.39, 0.29) is 5.54 Å². The molecule has 0 aromatic carbocycles. The van der Waals surface area contributed by atoms with Crippen molar-refractivity contribution in [1.29, 1.82) is 0 Å². The van der Waals surface area contributed by atoms with Crippen LogP contribution in [0.25, 0.3) is 4.85 Å². The molecule has 0 radical (unpaired) electrons. The van der Waals surface area contributed by atoms with Gasteiger partial charge in [0.1, 0.15) is 0 Å². The Balaban J connectivity index is 2.86. The van der Waals surface area contributed by atoms with Gasteiger partial charge in [0, 0.05) is 6.20 Å². The van der Waals surface area contributed by atoms with Gasteiger partial charge in [0.2, 0.25) is 6.54 Å². The van der Waals surface area contributed by atoms with Crippen molar-refractivity contribution in [1.82, 2.24) is 9.78 Å². The lowest BCUT2D eigenvalue weighted by Gasteiger charge is -2.18. The van der Waals surface area contributed by atoms with Crippen LogP contribution >= 0.6 is 0 Å². The molecular weight excluding hydrogens is 150 g/mol. The van der Waals surface area contributed by atoms with Crippen LogP contribution in [0.1, 0.15) is 26.3 Å². The Morgan fingerprint density at radius 2 is 2.25 bits per heavy atom. The summed E-state index contributed by atoms with van der Waals surface area (Å²) >= 11 is 0. The highest BCUT2D eigenvalue weighted by molar-refractivity contribution is 5.07. The lowest BCUT2D eigenvalue weighted by molar-refractivity contribution is 0.355. The van der Waals surface area contributed by atoms with Gasteiger partial charge in [0.15, 0.2) is 0 Å². The van der Waals surface area contributed by atoms with E-state index in [0.29, 0.717) is 6.54 Å². The van der Waals surface area contributed by atoms with Gasteiger partial charge in [0.25, 0.3) is 0 Å². The summed E-state index contributed by atoms with van der Waals surface area (Å²) in [5.41, 5.74) is 1.00. The maximum atomic E-state index is 6.69. The second-order valence-electron chi connectivity index (χ2n) is 3.78. The van der Waals surface area contributed by atoms with Crippen LogP contribution in [0.15, 0.2) is 12.4 Å². The molecule has 0 aliphatic heterocycles. The van der Waals surface area contributed by atoms with Crippen molar-refractivity contribution >= 4 is 0 Å². The Kier molecular flexibility index (Phi) is 2.18. The topological polar surface area (TPSA) is 22.2 Å². The predicted octanol–water partition coefficient (Wildman–Crippen LogP) is 2.06. The van der Waals surface area contributed by atoms with Crippen LogP contribution in [0.3, 0.4) is 0 Å². The van der Waals surface area contributed by atoms with E-state index in [4.69, 9.17) is 6.57 Å². The van der Waals surface area contributed by atoms with Gasteiger partial charge < -0.3 is 4.85 Å². The molecule has 0 bridgehead atoms. The first kappa shape index (κ1) is 8.79. The quantitative estimate of drug-likeness (QED) is 0.581. The lowest BCUT2D eigenvalue weighted by atomic mass is 10.1. The Bertz CT molecular complexity index is 298. The SMILES string of the molecule is [C-]#[N+]Cc1cnn(C(C)(C)C)c1. The normalized spacial score (nSPS) is 11.2. The van der Waals surface area contributed by atoms with Gasteiger partial charge in [-0.1, -0.05) is 0 Å². The molecule has 0 fully saturated rings. The Morgan fingerprint density at radius 1 is 1.58 bits per heavy atom. The maximum Gasteiger partial charge on any atom is 0.242 e. The van der Waals surface area contributed by atoms with E-state index >= 15 is 0 Å². The maximum absolute atomic E-state index is 6.69. The fraction of sp³-hybridized carbons (Fsp3) is 0.556. The highest BCUT2D eigenvalue weighted by atomic mass is 15.3. The molecule has 1 heterocycles. The van der Waals surface area contributed by atoms with E-state index in [0.717, 1.165) is 5.56 Å². The van der Waals surface area contributed by atoms with Crippen LogP contribution in [0.5, 0.6) is 0 Å². The zero-order valence-electron chi connectivity index (χ0n) is 7.70. The van der Waals surface area contributed by atoms with Crippen LogP contribution in [0.4, 0.5) is 0 Å². The first-order valence-electron chi connectivity index (χ1n) is 3.91. The molecule has 12 heavy (non-hydrogen) atoms. The Morgan fingerprint density at radius 3 is 2.67 bits per heavy atom. The molecule has 0 spiro atoms. The molecule has 1 aromatic heterocycles. The molecule has 0 aliphatic carbocycles. The summed E-state index contributed by atoms with van der Waals surface area (Å²) < 4.78 is 1.88. The van der Waals surface area contributed by atoms with Crippen molar-refractivity contribution in [2.24, 2.45) is 0 Å². The van der Waals surface area contributed by atoms with Crippen molar-refractivity contribution in [3.63, 3.8) is 0 Å². The average Bonchev–Trinajstić information content (AvgIpc) is 2.35. The second kappa shape index (κ2) is 2.98. The van der Waals surface area contributed by atoms with E-state index in [2.05, 4.69) is 30.7 Å². The molecule has 0 atom stereocenters. The summed E-state index contributed by atoms with van der Waals surface area (Å²) in [4.78, 5) is 3.30. The third-order valence-electron chi connectivity index (χ3n) is 1.58. The minimum Gasteiger partial charge on any atom is -0.312 e. The summed E-state index contributed by atoms with van der Waals surface area (Å²) in [5.74, 6) is 0. The van der Waals surface area contributed by atoms with Gasteiger partial charge in [-0.2, -0.15) is 5.10 Å². The molecule has 3 heteroatoms. The number of hydrogen-bond acceptors (Lipinski definition) is 1. The molecule has 3 nitrogen and oxygen atoms in total. The monoisotopic (exact) mass is 163 g/mol. The van der Waals surface area contributed by atoms with E-state index in [1.54, 1.807) is 6.20 Å². The minimum atomic E-state index is 0.0142. The van der Waals surface area contributed by atoms with E-state index < -0.39 is 0 Å². The van der Waals surface area contributed by atoms with Crippen LogP contribution in [0.2, 0.25) is 0 Å². The molecule has 0 aliphatic rings. The van der Waals surface area contributed by atoms with Gasteiger partial charge in [-0.25, -0.2) is 6.57 Å². The highest BCUT2D eigenvalue weighted by Gasteiger charge is 2.14. The van der Waals surface area contributed by atoms with Crippen LogP contribution in [0, 0.1) is 6.57 Å². The zero-order chi connectivity index (χ0) is 9.19. The fourth-order valence-corrected chi connectivity index (χ4v) is 0.900. The number of nitrogens with zero attached hydrogens (tertiary/aromatic N) is 3. The fourth-order valence-electron chi connectivity index (χ4n) is 0.900. The van der Waals surface area contributed by atoms with Gasteiger partial charge >= 0.3 is 0 Å². The summed E-state index contributed by atoms with van der Waals surface area (Å²) in [6.07, 6.45) is 3.68. The first-order valence-corrected chi connectivity index (χ1v) is 3.91. The third kappa shape index (κ3) is 1.85. The van der Waals surface area contributed by atoms with E-state index in [1.807, 2.05) is 10.9 Å². The minimum absolute atomic E-state index is 0.0142. The van der Waals surface area contributed by atoms with Crippen molar-refractivity contribution in [3.8, 4) is 0 Å². The zero-order valence-corrected chi connectivity index (χ0v) is 7.70. The lowest BCUT2D eigenvalue weighted by Crippen LogP contribution is -2.21. The van der Waals surface area contributed by atoms with Crippen LogP contribution in [-0.4, -0.2) is 9.78 Å². The molecule has 1 aromatic rings. The summed E-state index contributed by atoms with van der Waals surface area (Å²) in [6, 6.07) is 0. The average molecular weight is 163 g/mol. The molecule has 1 rings (SSSR count). The summed E-state index contributed by atoms with van der Waals surface area (Å²) in [5, 5.41) is 4.18. The number of hydrogen-bond donors (Lipinski definition) is 0. The number of aromatic nitrogens is 2. The van der Waals surface area contributed by atoms with Crippen molar-refractivity contribution in [2.75, 3.05) is 0 Å². The highest BCUT2D eigenvalue weighted by Crippen LogP contribution is 2.13.